The van der Waals surface area contributed by atoms with Crippen LogP contribution in [0.25, 0.3) is 11.0 Å². The van der Waals surface area contributed by atoms with Crippen LogP contribution in [0.5, 0.6) is 11.5 Å². The Hall–Kier alpha value is -3.02. The molecule has 4 rings (SSSR count). The van der Waals surface area contributed by atoms with Gasteiger partial charge in [-0.3, -0.25) is 9.78 Å². The Kier molecular flexibility index (Phi) is 4.94. The van der Waals surface area contributed by atoms with Crippen LogP contribution in [0.4, 0.5) is 0 Å². The normalized spacial score (nSPS) is 14.2. The summed E-state index contributed by atoms with van der Waals surface area (Å²) in [5.74, 6) is 1.82. The van der Waals surface area contributed by atoms with E-state index in [0.29, 0.717) is 55.1 Å². The summed E-state index contributed by atoms with van der Waals surface area (Å²) in [5.41, 5.74) is 2.61. The van der Waals surface area contributed by atoms with Gasteiger partial charge in [0.2, 0.25) is 5.75 Å². The molecule has 0 spiro atoms. The number of hydrogen-bond donors (Lipinski definition) is 0. The van der Waals surface area contributed by atoms with Crippen molar-refractivity contribution in [3.8, 4) is 11.5 Å². The van der Waals surface area contributed by atoms with Crippen molar-refractivity contribution in [1.29, 1.82) is 0 Å². The van der Waals surface area contributed by atoms with Crippen LogP contribution >= 0.6 is 0 Å². The first-order valence-corrected chi connectivity index (χ1v) is 9.64. The maximum Gasteiger partial charge on any atom is 0.289 e. The molecule has 1 fully saturated rings. The Morgan fingerprint density at radius 2 is 1.86 bits per heavy atom. The van der Waals surface area contributed by atoms with Crippen molar-refractivity contribution in [2.24, 2.45) is 0 Å². The first-order valence-electron chi connectivity index (χ1n) is 9.64. The smallest absolute Gasteiger partial charge is 0.289 e. The van der Waals surface area contributed by atoms with E-state index in [-0.39, 0.29) is 5.91 Å². The topological polar surface area (TPSA) is 64.8 Å². The maximum atomic E-state index is 13.0. The van der Waals surface area contributed by atoms with Crippen molar-refractivity contribution in [1.82, 2.24) is 9.88 Å². The second-order valence-electron chi connectivity index (χ2n) is 6.88. The van der Waals surface area contributed by atoms with Crippen molar-refractivity contribution in [3.05, 3.63) is 53.5 Å². The molecule has 146 valence electrons. The van der Waals surface area contributed by atoms with E-state index >= 15 is 0 Å². The molecule has 0 atom stereocenters. The predicted octanol–water partition coefficient (Wildman–Crippen LogP) is 4.17. The third-order valence-electron chi connectivity index (χ3n) is 5.15. The van der Waals surface area contributed by atoms with Crippen molar-refractivity contribution in [3.63, 3.8) is 0 Å². The first-order chi connectivity index (χ1) is 13.6. The van der Waals surface area contributed by atoms with Gasteiger partial charge in [-0.2, -0.15) is 0 Å². The van der Waals surface area contributed by atoms with Gasteiger partial charge in [-0.1, -0.05) is 0 Å². The summed E-state index contributed by atoms with van der Waals surface area (Å²) in [5, 5.41) is 0.876. The molecule has 3 heterocycles. The van der Waals surface area contributed by atoms with Gasteiger partial charge in [-0.15, -0.1) is 0 Å². The molecule has 28 heavy (non-hydrogen) atoms. The lowest BCUT2D eigenvalue weighted by atomic mass is 9.92. The summed E-state index contributed by atoms with van der Waals surface area (Å²) in [6.45, 7) is 8.13. The molecule has 2 aromatic heterocycles. The van der Waals surface area contributed by atoms with Crippen molar-refractivity contribution in [2.75, 3.05) is 26.3 Å². The van der Waals surface area contributed by atoms with Crippen LogP contribution in [0.2, 0.25) is 0 Å². The molecule has 0 saturated carbocycles. The largest absolute Gasteiger partial charge is 0.490 e. The van der Waals surface area contributed by atoms with Crippen LogP contribution in [0.15, 0.2) is 41.1 Å². The summed E-state index contributed by atoms with van der Waals surface area (Å²) >= 11 is 0. The molecule has 0 radical (unpaired) electrons. The number of aromatic nitrogens is 1. The lowest BCUT2D eigenvalue weighted by Gasteiger charge is -2.39. The lowest BCUT2D eigenvalue weighted by molar-refractivity contribution is 0.0570. The summed E-state index contributed by atoms with van der Waals surface area (Å²) in [6, 6.07) is 7.80. The SMILES string of the molecule is CCOc1ccc2c(C)c(C(=O)N3CC(c4ccncc4)C3)oc2c1OCC. The predicted molar refractivity (Wildman–Crippen MR) is 106 cm³/mol. The highest BCUT2D eigenvalue weighted by atomic mass is 16.5. The Bertz CT molecular complexity index is 991. The monoisotopic (exact) mass is 380 g/mol. The molecule has 3 aromatic rings. The van der Waals surface area contributed by atoms with Crippen LogP contribution in [0.3, 0.4) is 0 Å². The zero-order chi connectivity index (χ0) is 19.7. The minimum Gasteiger partial charge on any atom is -0.490 e. The van der Waals surface area contributed by atoms with Gasteiger partial charge in [0.25, 0.3) is 5.91 Å². The van der Waals surface area contributed by atoms with E-state index in [9.17, 15) is 4.79 Å². The molecular weight excluding hydrogens is 356 g/mol. The van der Waals surface area contributed by atoms with Crippen LogP contribution in [0, 0.1) is 6.92 Å². The fourth-order valence-corrected chi connectivity index (χ4v) is 3.63. The number of carbonyl (C=O) groups is 1. The third-order valence-corrected chi connectivity index (χ3v) is 5.15. The standard InChI is InChI=1S/C22H24N2O4/c1-4-26-18-7-6-17-14(3)19(28-20(17)21(18)27-5-2)22(25)24-12-16(13-24)15-8-10-23-11-9-15/h6-11,16H,4-5,12-13H2,1-3H3. The lowest BCUT2D eigenvalue weighted by Crippen LogP contribution is -2.48. The Morgan fingerprint density at radius 3 is 2.54 bits per heavy atom. The summed E-state index contributed by atoms with van der Waals surface area (Å²) in [6.07, 6.45) is 3.57. The Balaban J connectivity index is 1.61. The second kappa shape index (κ2) is 7.54. The van der Waals surface area contributed by atoms with Gasteiger partial charge in [0.15, 0.2) is 17.1 Å². The van der Waals surface area contributed by atoms with E-state index in [4.69, 9.17) is 13.9 Å². The van der Waals surface area contributed by atoms with E-state index in [1.54, 1.807) is 12.4 Å². The molecule has 0 bridgehead atoms. The number of rotatable bonds is 6. The molecule has 0 aliphatic carbocycles. The molecule has 6 nitrogen and oxygen atoms in total. The van der Waals surface area contributed by atoms with Gasteiger partial charge < -0.3 is 18.8 Å². The van der Waals surface area contributed by atoms with Crippen molar-refractivity contribution in [2.45, 2.75) is 26.7 Å². The third kappa shape index (κ3) is 3.09. The number of likely N-dealkylation sites (tertiary alicyclic amines) is 1. The summed E-state index contributed by atoms with van der Waals surface area (Å²) in [4.78, 5) is 18.9. The summed E-state index contributed by atoms with van der Waals surface area (Å²) < 4.78 is 17.5. The van der Waals surface area contributed by atoms with Gasteiger partial charge in [0.05, 0.1) is 13.2 Å². The average Bonchev–Trinajstić information content (AvgIpc) is 3.00. The van der Waals surface area contributed by atoms with Crippen LogP contribution < -0.4 is 9.47 Å². The molecule has 1 aliphatic rings. The van der Waals surface area contributed by atoms with E-state index in [1.807, 2.05) is 49.9 Å². The van der Waals surface area contributed by atoms with Gasteiger partial charge in [-0.25, -0.2) is 0 Å². The van der Waals surface area contributed by atoms with Crippen LogP contribution in [0.1, 0.15) is 41.4 Å². The number of carbonyl (C=O) groups excluding carboxylic acids is 1. The van der Waals surface area contributed by atoms with E-state index in [2.05, 4.69) is 4.98 Å². The van der Waals surface area contributed by atoms with Gasteiger partial charge >= 0.3 is 0 Å². The van der Waals surface area contributed by atoms with E-state index in [0.717, 1.165) is 10.9 Å². The molecular formula is C22H24N2O4. The average molecular weight is 380 g/mol. The zero-order valence-electron chi connectivity index (χ0n) is 16.4. The minimum absolute atomic E-state index is 0.0839. The fourth-order valence-electron chi connectivity index (χ4n) is 3.63. The summed E-state index contributed by atoms with van der Waals surface area (Å²) in [7, 11) is 0. The van der Waals surface area contributed by atoms with Crippen molar-refractivity contribution < 1.29 is 18.7 Å². The Morgan fingerprint density at radius 1 is 1.14 bits per heavy atom. The van der Waals surface area contributed by atoms with Crippen LogP contribution in [-0.4, -0.2) is 42.1 Å². The molecule has 1 saturated heterocycles. The first kappa shape index (κ1) is 18.3. The number of furan rings is 1. The number of nitrogens with zero attached hydrogens (tertiary/aromatic N) is 2. The van der Waals surface area contributed by atoms with E-state index < -0.39 is 0 Å². The zero-order valence-corrected chi connectivity index (χ0v) is 16.4. The minimum atomic E-state index is -0.0839. The van der Waals surface area contributed by atoms with Gasteiger partial charge in [0, 0.05) is 42.4 Å². The van der Waals surface area contributed by atoms with Crippen molar-refractivity contribution >= 4 is 16.9 Å². The molecule has 1 aromatic carbocycles. The fraction of sp³-hybridized carbons (Fsp3) is 0.364. The highest BCUT2D eigenvalue weighted by molar-refractivity contribution is 6.01. The highest BCUT2D eigenvalue weighted by Gasteiger charge is 2.35. The van der Waals surface area contributed by atoms with E-state index in [1.165, 1.54) is 5.56 Å². The number of fused-ring (bicyclic) bond motifs is 1. The molecule has 1 amide bonds. The van der Waals surface area contributed by atoms with Crippen LogP contribution in [-0.2, 0) is 0 Å². The second-order valence-corrected chi connectivity index (χ2v) is 6.88. The molecule has 6 heteroatoms. The molecule has 0 unspecified atom stereocenters. The molecule has 1 aliphatic heterocycles. The highest BCUT2D eigenvalue weighted by Crippen LogP contribution is 2.40. The maximum absolute atomic E-state index is 13.0. The molecule has 0 N–H and O–H groups in total. The number of aryl methyl sites for hydroxylation is 1. The number of amides is 1. The quantitative estimate of drug-likeness (QED) is 0.642. The number of benzene rings is 1. The van der Waals surface area contributed by atoms with Gasteiger partial charge in [0.1, 0.15) is 0 Å². The number of ether oxygens (including phenoxy) is 2. The number of hydrogen-bond acceptors (Lipinski definition) is 5. The van der Waals surface area contributed by atoms with Gasteiger partial charge in [-0.05, 0) is 50.6 Å². The Labute approximate surface area is 164 Å². The number of pyridine rings is 1.